The van der Waals surface area contributed by atoms with Gasteiger partial charge in [0.15, 0.2) is 11.5 Å². The fourth-order valence-corrected chi connectivity index (χ4v) is 4.51. The molecule has 30 heavy (non-hydrogen) atoms. The second-order valence-corrected chi connectivity index (χ2v) is 8.40. The fraction of sp³-hybridized carbons (Fsp3) is 0.636. The van der Waals surface area contributed by atoms with Gasteiger partial charge in [0.25, 0.3) is 0 Å². The van der Waals surface area contributed by atoms with Crippen LogP contribution in [-0.2, 0) is 4.79 Å². The summed E-state index contributed by atoms with van der Waals surface area (Å²) in [7, 11) is 0. The minimum absolute atomic E-state index is 0.00161. The summed E-state index contributed by atoms with van der Waals surface area (Å²) >= 11 is 0. The quantitative estimate of drug-likeness (QED) is 0.596. The van der Waals surface area contributed by atoms with E-state index in [9.17, 15) is 9.59 Å². The number of carbonyl (C=O) groups is 2. The molecular formula is C22H33N4O4+. The molecule has 1 aromatic carbocycles. The maximum atomic E-state index is 12.5. The van der Waals surface area contributed by atoms with E-state index in [0.717, 1.165) is 18.7 Å². The molecule has 1 aromatic rings. The highest BCUT2D eigenvalue weighted by atomic mass is 16.6. The van der Waals surface area contributed by atoms with Gasteiger partial charge < -0.3 is 29.9 Å². The lowest BCUT2D eigenvalue weighted by Crippen LogP contribution is -3.11. The van der Waals surface area contributed by atoms with Crippen molar-refractivity contribution >= 4 is 17.6 Å². The molecule has 3 amide bonds. The molecule has 8 nitrogen and oxygen atoms in total. The summed E-state index contributed by atoms with van der Waals surface area (Å²) in [5.74, 6) is 1.36. The van der Waals surface area contributed by atoms with Crippen LogP contribution in [0.4, 0.5) is 10.5 Å². The molecule has 8 heteroatoms. The fourth-order valence-electron chi connectivity index (χ4n) is 4.51. The predicted molar refractivity (Wildman–Crippen MR) is 113 cm³/mol. The smallest absolute Gasteiger partial charge is 0.315 e. The van der Waals surface area contributed by atoms with E-state index in [1.807, 2.05) is 18.2 Å². The molecule has 0 radical (unpaired) electrons. The Balaban J connectivity index is 1.20. The molecule has 0 aliphatic carbocycles. The van der Waals surface area contributed by atoms with Gasteiger partial charge >= 0.3 is 6.03 Å². The molecule has 0 spiro atoms. The molecule has 2 fully saturated rings. The van der Waals surface area contributed by atoms with Crippen molar-refractivity contribution in [1.29, 1.82) is 0 Å². The highest BCUT2D eigenvalue weighted by Crippen LogP contribution is 2.35. The van der Waals surface area contributed by atoms with Crippen molar-refractivity contribution in [3.8, 4) is 11.5 Å². The first-order valence-corrected chi connectivity index (χ1v) is 11.3. The van der Waals surface area contributed by atoms with E-state index in [1.165, 1.54) is 38.8 Å². The second-order valence-electron chi connectivity index (χ2n) is 8.40. The number of carbonyl (C=O) groups excluding carboxylic acids is 2. The lowest BCUT2D eigenvalue weighted by atomic mass is 10.2. The van der Waals surface area contributed by atoms with E-state index < -0.39 is 0 Å². The van der Waals surface area contributed by atoms with Gasteiger partial charge in [0.2, 0.25) is 5.91 Å². The number of benzene rings is 1. The molecule has 0 unspecified atom stereocenters. The summed E-state index contributed by atoms with van der Waals surface area (Å²) < 4.78 is 11.1. The minimum atomic E-state index is -0.193. The van der Waals surface area contributed by atoms with E-state index in [-0.39, 0.29) is 18.0 Å². The van der Waals surface area contributed by atoms with Crippen LogP contribution in [0.1, 0.15) is 38.5 Å². The molecule has 3 aliphatic heterocycles. The number of ether oxygens (including phenoxy) is 2. The maximum Gasteiger partial charge on any atom is 0.315 e. The molecule has 4 rings (SSSR count). The number of hydrogen-bond acceptors (Lipinski definition) is 4. The number of amides is 3. The van der Waals surface area contributed by atoms with Crippen molar-refractivity contribution in [3.05, 3.63) is 18.2 Å². The third-order valence-corrected chi connectivity index (χ3v) is 6.10. The minimum Gasteiger partial charge on any atom is -0.486 e. The van der Waals surface area contributed by atoms with E-state index in [0.29, 0.717) is 44.2 Å². The Morgan fingerprint density at radius 1 is 1.10 bits per heavy atom. The summed E-state index contributed by atoms with van der Waals surface area (Å²) in [6, 6.07) is 5.14. The molecule has 3 heterocycles. The van der Waals surface area contributed by atoms with Gasteiger partial charge in [0.05, 0.1) is 25.7 Å². The summed E-state index contributed by atoms with van der Waals surface area (Å²) in [5, 5.41) is 5.89. The van der Waals surface area contributed by atoms with Gasteiger partial charge in [-0.3, -0.25) is 4.79 Å². The lowest BCUT2D eigenvalue weighted by Gasteiger charge is -2.22. The normalized spacial score (nSPS) is 21.9. The number of anilines is 1. The SMILES string of the molecule is O=C(NCCC[NH+]1CCCCCC1)N[C@H]1CC(=O)N(c2ccc3c(c2)OCCO3)C1. The van der Waals surface area contributed by atoms with Gasteiger partial charge in [-0.05, 0) is 37.8 Å². The van der Waals surface area contributed by atoms with Crippen LogP contribution in [0.25, 0.3) is 0 Å². The zero-order valence-corrected chi connectivity index (χ0v) is 17.6. The first kappa shape index (κ1) is 20.8. The molecule has 3 aliphatic rings. The summed E-state index contributed by atoms with van der Waals surface area (Å²) in [6.07, 6.45) is 6.63. The summed E-state index contributed by atoms with van der Waals surface area (Å²) in [6.45, 7) is 5.80. The molecule has 2 saturated heterocycles. The molecular weight excluding hydrogens is 384 g/mol. The van der Waals surface area contributed by atoms with E-state index in [2.05, 4.69) is 10.6 Å². The standard InChI is InChI=1S/C22H32N4O4/c27-21-14-17(16-26(21)18-6-7-19-20(15-18)30-13-12-29-19)24-22(28)23-8-5-11-25-9-3-1-2-4-10-25/h6-7,15,17H,1-5,8-14,16H2,(H2,23,24,28)/p+1/t17-/m0/s1. The van der Waals surface area contributed by atoms with Crippen molar-refractivity contribution in [3.63, 3.8) is 0 Å². The Hall–Kier alpha value is -2.48. The Morgan fingerprint density at radius 3 is 2.67 bits per heavy atom. The topological polar surface area (TPSA) is 84.3 Å². The molecule has 0 bridgehead atoms. The van der Waals surface area contributed by atoms with Gasteiger partial charge in [0, 0.05) is 37.7 Å². The van der Waals surface area contributed by atoms with E-state index >= 15 is 0 Å². The number of quaternary nitrogens is 1. The van der Waals surface area contributed by atoms with Crippen molar-refractivity contribution in [2.45, 2.75) is 44.6 Å². The van der Waals surface area contributed by atoms with E-state index in [4.69, 9.17) is 9.47 Å². The highest BCUT2D eigenvalue weighted by Gasteiger charge is 2.32. The predicted octanol–water partition coefficient (Wildman–Crippen LogP) is 0.711. The van der Waals surface area contributed by atoms with Crippen LogP contribution in [0.2, 0.25) is 0 Å². The zero-order chi connectivity index (χ0) is 20.8. The third-order valence-electron chi connectivity index (χ3n) is 6.10. The largest absolute Gasteiger partial charge is 0.486 e. The van der Waals surface area contributed by atoms with Gasteiger partial charge in [0.1, 0.15) is 13.2 Å². The number of likely N-dealkylation sites (tertiary alicyclic amines) is 1. The van der Waals surface area contributed by atoms with Crippen LogP contribution >= 0.6 is 0 Å². The Morgan fingerprint density at radius 2 is 1.87 bits per heavy atom. The van der Waals surface area contributed by atoms with Gasteiger partial charge in [-0.25, -0.2) is 4.79 Å². The van der Waals surface area contributed by atoms with Crippen molar-refractivity contribution in [2.24, 2.45) is 0 Å². The molecule has 0 aromatic heterocycles. The Bertz CT molecular complexity index is 749. The number of fused-ring (bicyclic) bond motifs is 1. The van der Waals surface area contributed by atoms with E-state index in [1.54, 1.807) is 9.80 Å². The molecule has 164 valence electrons. The van der Waals surface area contributed by atoms with Crippen LogP contribution in [0.3, 0.4) is 0 Å². The van der Waals surface area contributed by atoms with Crippen LogP contribution in [-0.4, -0.2) is 63.9 Å². The monoisotopic (exact) mass is 417 g/mol. The Kier molecular flexibility index (Phi) is 6.94. The first-order valence-electron chi connectivity index (χ1n) is 11.3. The van der Waals surface area contributed by atoms with Crippen molar-refractivity contribution < 1.29 is 24.0 Å². The van der Waals surface area contributed by atoms with Crippen molar-refractivity contribution in [1.82, 2.24) is 10.6 Å². The maximum absolute atomic E-state index is 12.5. The van der Waals surface area contributed by atoms with Crippen LogP contribution < -0.4 is 29.9 Å². The van der Waals surface area contributed by atoms with Crippen molar-refractivity contribution in [2.75, 3.05) is 50.8 Å². The van der Waals surface area contributed by atoms with Crippen LogP contribution in [0.15, 0.2) is 18.2 Å². The second kappa shape index (κ2) is 10.0. The third kappa shape index (κ3) is 5.36. The zero-order valence-electron chi connectivity index (χ0n) is 17.6. The van der Waals surface area contributed by atoms with Crippen LogP contribution in [0, 0.1) is 0 Å². The first-order chi connectivity index (χ1) is 14.7. The molecule has 3 N–H and O–H groups in total. The Labute approximate surface area is 177 Å². The number of nitrogens with zero attached hydrogens (tertiary/aromatic N) is 1. The molecule has 1 atom stereocenters. The number of nitrogens with one attached hydrogen (secondary N) is 3. The van der Waals surface area contributed by atoms with Gasteiger partial charge in [-0.1, -0.05) is 0 Å². The summed E-state index contributed by atoms with van der Waals surface area (Å²) in [4.78, 5) is 28.1. The van der Waals surface area contributed by atoms with Crippen LogP contribution in [0.5, 0.6) is 11.5 Å². The number of rotatable bonds is 6. The van der Waals surface area contributed by atoms with Gasteiger partial charge in [-0.15, -0.1) is 0 Å². The number of hydrogen-bond donors (Lipinski definition) is 3. The van der Waals surface area contributed by atoms with Gasteiger partial charge in [-0.2, -0.15) is 0 Å². The lowest BCUT2D eigenvalue weighted by molar-refractivity contribution is -0.899. The number of urea groups is 1. The summed E-state index contributed by atoms with van der Waals surface area (Å²) in [5.41, 5.74) is 0.773. The average molecular weight is 418 g/mol. The average Bonchev–Trinajstić information content (AvgIpc) is 2.94. The highest BCUT2D eigenvalue weighted by molar-refractivity contribution is 5.97. The molecule has 0 saturated carbocycles.